The van der Waals surface area contributed by atoms with E-state index in [0.717, 1.165) is 6.42 Å². The van der Waals surface area contributed by atoms with Gasteiger partial charge in [0.05, 0.1) is 12.1 Å². The zero-order valence-electron chi connectivity index (χ0n) is 13.4. The third kappa shape index (κ3) is 2.56. The molecule has 118 valence electrons. The van der Waals surface area contributed by atoms with Gasteiger partial charge < -0.3 is 15.0 Å². The minimum Gasteiger partial charge on any atom is -0.376 e. The predicted molar refractivity (Wildman–Crippen MR) is 78.6 cm³/mol. The van der Waals surface area contributed by atoms with Crippen molar-refractivity contribution in [1.29, 1.82) is 0 Å². The van der Waals surface area contributed by atoms with Crippen LogP contribution in [-0.4, -0.2) is 47.6 Å². The Morgan fingerprint density at radius 2 is 1.86 bits per heavy atom. The summed E-state index contributed by atoms with van der Waals surface area (Å²) in [5, 5.41) is 2.90. The number of nitrogens with zero attached hydrogens (tertiary/aromatic N) is 1. The first-order valence-corrected chi connectivity index (χ1v) is 8.05. The monoisotopic (exact) mass is 294 g/mol. The Hall–Kier alpha value is -1.10. The molecule has 2 heterocycles. The van der Waals surface area contributed by atoms with Crippen LogP contribution in [0.25, 0.3) is 0 Å². The first kappa shape index (κ1) is 14.8. The van der Waals surface area contributed by atoms with Crippen LogP contribution in [0.5, 0.6) is 0 Å². The van der Waals surface area contributed by atoms with Gasteiger partial charge in [-0.15, -0.1) is 0 Å². The zero-order valence-corrected chi connectivity index (χ0v) is 13.4. The maximum Gasteiger partial charge on any atom is 0.246 e. The van der Waals surface area contributed by atoms with Crippen molar-refractivity contribution in [3.05, 3.63) is 0 Å². The number of ether oxygens (including phenoxy) is 1. The number of hydrogen-bond acceptors (Lipinski definition) is 3. The van der Waals surface area contributed by atoms with Gasteiger partial charge in [-0.25, -0.2) is 0 Å². The van der Waals surface area contributed by atoms with Gasteiger partial charge in [-0.3, -0.25) is 9.59 Å². The second kappa shape index (κ2) is 4.97. The molecule has 21 heavy (non-hydrogen) atoms. The molecule has 4 unspecified atom stereocenters. The molecule has 3 fully saturated rings. The molecular formula is C16H26N2O3. The summed E-state index contributed by atoms with van der Waals surface area (Å²) in [6.07, 6.45) is 3.35. The SMILES string of the molecule is CC1C(=O)NC(C(C)(C)C)C(=O)N1C1CCOC1C1CC1. The molecule has 2 amide bonds. The van der Waals surface area contributed by atoms with Crippen LogP contribution in [0.15, 0.2) is 0 Å². The van der Waals surface area contributed by atoms with Crippen LogP contribution in [0, 0.1) is 11.3 Å². The Morgan fingerprint density at radius 1 is 1.19 bits per heavy atom. The van der Waals surface area contributed by atoms with E-state index in [0.29, 0.717) is 12.5 Å². The second-order valence-electron chi connectivity index (χ2n) is 7.76. The highest BCUT2D eigenvalue weighted by molar-refractivity contribution is 5.97. The van der Waals surface area contributed by atoms with Gasteiger partial charge in [0, 0.05) is 6.61 Å². The van der Waals surface area contributed by atoms with Gasteiger partial charge in [-0.1, -0.05) is 20.8 Å². The molecule has 0 aromatic carbocycles. The number of nitrogens with one attached hydrogen (secondary N) is 1. The lowest BCUT2D eigenvalue weighted by atomic mass is 9.83. The molecule has 5 nitrogen and oxygen atoms in total. The van der Waals surface area contributed by atoms with Crippen LogP contribution in [0.2, 0.25) is 0 Å². The Bertz CT molecular complexity index is 453. The highest BCUT2D eigenvalue weighted by atomic mass is 16.5. The van der Waals surface area contributed by atoms with E-state index in [1.807, 2.05) is 32.6 Å². The van der Waals surface area contributed by atoms with Crippen molar-refractivity contribution in [2.45, 2.75) is 71.2 Å². The van der Waals surface area contributed by atoms with Gasteiger partial charge in [-0.2, -0.15) is 0 Å². The van der Waals surface area contributed by atoms with E-state index in [1.54, 1.807) is 0 Å². The first-order chi connectivity index (χ1) is 9.80. The van der Waals surface area contributed by atoms with Crippen molar-refractivity contribution >= 4 is 11.8 Å². The van der Waals surface area contributed by atoms with E-state index in [4.69, 9.17) is 4.74 Å². The molecule has 2 saturated heterocycles. The molecule has 0 aromatic heterocycles. The Labute approximate surface area is 126 Å². The van der Waals surface area contributed by atoms with E-state index in [2.05, 4.69) is 5.32 Å². The Kier molecular flexibility index (Phi) is 3.51. The van der Waals surface area contributed by atoms with E-state index < -0.39 is 12.1 Å². The molecule has 5 heteroatoms. The standard InChI is InChI=1S/C16H26N2O3/c1-9-14(19)17-13(16(2,3)4)15(20)18(9)11-7-8-21-12(11)10-5-6-10/h9-13H,5-8H2,1-4H3,(H,17,19). The minimum atomic E-state index is -0.443. The molecule has 0 spiro atoms. The molecule has 3 rings (SSSR count). The lowest BCUT2D eigenvalue weighted by molar-refractivity contribution is -0.156. The van der Waals surface area contributed by atoms with Crippen LogP contribution in [0.4, 0.5) is 0 Å². The minimum absolute atomic E-state index is 0.0454. The van der Waals surface area contributed by atoms with Crippen molar-refractivity contribution < 1.29 is 14.3 Å². The summed E-state index contributed by atoms with van der Waals surface area (Å²) in [6.45, 7) is 8.51. The number of amides is 2. The summed E-state index contributed by atoms with van der Waals surface area (Å²) >= 11 is 0. The van der Waals surface area contributed by atoms with Crippen molar-refractivity contribution in [3.8, 4) is 0 Å². The summed E-state index contributed by atoms with van der Waals surface area (Å²) < 4.78 is 5.87. The number of carbonyl (C=O) groups excluding carboxylic acids is 2. The number of carbonyl (C=O) groups is 2. The molecule has 0 aromatic rings. The molecule has 2 aliphatic heterocycles. The zero-order chi connectivity index (χ0) is 15.4. The largest absolute Gasteiger partial charge is 0.376 e. The third-order valence-electron chi connectivity index (χ3n) is 5.00. The highest BCUT2D eigenvalue weighted by Gasteiger charge is 2.51. The second-order valence-corrected chi connectivity index (χ2v) is 7.76. The van der Waals surface area contributed by atoms with Crippen LogP contribution in [0.1, 0.15) is 47.0 Å². The quantitative estimate of drug-likeness (QED) is 0.835. The lowest BCUT2D eigenvalue weighted by Gasteiger charge is -2.45. The molecule has 0 radical (unpaired) electrons. The predicted octanol–water partition coefficient (Wildman–Crippen LogP) is 1.32. The molecule has 3 aliphatic rings. The Balaban J connectivity index is 1.87. The smallest absolute Gasteiger partial charge is 0.246 e. The number of piperazine rings is 1. The fourth-order valence-electron chi connectivity index (χ4n) is 3.60. The fourth-order valence-corrected chi connectivity index (χ4v) is 3.60. The average Bonchev–Trinajstić information content (AvgIpc) is 3.12. The van der Waals surface area contributed by atoms with E-state index in [9.17, 15) is 9.59 Å². The third-order valence-corrected chi connectivity index (χ3v) is 5.00. The van der Waals surface area contributed by atoms with E-state index in [-0.39, 0.29) is 29.4 Å². The van der Waals surface area contributed by atoms with Gasteiger partial charge in [0.2, 0.25) is 11.8 Å². The van der Waals surface area contributed by atoms with Gasteiger partial charge in [0.1, 0.15) is 12.1 Å². The highest BCUT2D eigenvalue weighted by Crippen LogP contribution is 2.41. The summed E-state index contributed by atoms with van der Waals surface area (Å²) in [5.74, 6) is 0.585. The van der Waals surface area contributed by atoms with E-state index in [1.165, 1.54) is 12.8 Å². The topological polar surface area (TPSA) is 58.6 Å². The van der Waals surface area contributed by atoms with Crippen LogP contribution >= 0.6 is 0 Å². The average molecular weight is 294 g/mol. The molecule has 1 N–H and O–H groups in total. The van der Waals surface area contributed by atoms with Crippen molar-refractivity contribution in [3.63, 3.8) is 0 Å². The lowest BCUT2D eigenvalue weighted by Crippen LogP contribution is -2.68. The van der Waals surface area contributed by atoms with Gasteiger partial charge >= 0.3 is 0 Å². The van der Waals surface area contributed by atoms with Crippen LogP contribution < -0.4 is 5.32 Å². The molecule has 1 saturated carbocycles. The molecule has 1 aliphatic carbocycles. The summed E-state index contributed by atoms with van der Waals surface area (Å²) in [6, 6.07) is -0.776. The van der Waals surface area contributed by atoms with Gasteiger partial charge in [0.15, 0.2) is 0 Å². The maximum atomic E-state index is 13.0. The fraction of sp³-hybridized carbons (Fsp3) is 0.875. The summed E-state index contributed by atoms with van der Waals surface area (Å²) in [5.41, 5.74) is -0.278. The van der Waals surface area contributed by atoms with Crippen molar-refractivity contribution in [2.24, 2.45) is 11.3 Å². The van der Waals surface area contributed by atoms with Gasteiger partial charge in [-0.05, 0) is 37.5 Å². The first-order valence-electron chi connectivity index (χ1n) is 8.05. The van der Waals surface area contributed by atoms with Crippen LogP contribution in [0.3, 0.4) is 0 Å². The number of rotatable bonds is 2. The normalized spacial score (nSPS) is 37.8. The van der Waals surface area contributed by atoms with E-state index >= 15 is 0 Å². The Morgan fingerprint density at radius 3 is 2.43 bits per heavy atom. The van der Waals surface area contributed by atoms with Crippen molar-refractivity contribution in [1.82, 2.24) is 10.2 Å². The summed E-state index contributed by atoms with van der Waals surface area (Å²) in [7, 11) is 0. The molecular weight excluding hydrogens is 268 g/mol. The summed E-state index contributed by atoms with van der Waals surface area (Å²) in [4.78, 5) is 27.1. The van der Waals surface area contributed by atoms with Gasteiger partial charge in [0.25, 0.3) is 0 Å². The van der Waals surface area contributed by atoms with Crippen LogP contribution in [-0.2, 0) is 14.3 Å². The maximum absolute atomic E-state index is 13.0. The van der Waals surface area contributed by atoms with Crippen molar-refractivity contribution in [2.75, 3.05) is 6.61 Å². The number of hydrogen-bond donors (Lipinski definition) is 1. The molecule has 0 bridgehead atoms. The molecule has 4 atom stereocenters.